The lowest BCUT2D eigenvalue weighted by atomic mass is 9.98. The molecule has 1 aliphatic rings. The van der Waals surface area contributed by atoms with Crippen LogP contribution in [-0.4, -0.2) is 29.1 Å². The quantitative estimate of drug-likeness (QED) is 0.727. The van der Waals surface area contributed by atoms with E-state index in [0.29, 0.717) is 19.8 Å². The maximum Gasteiger partial charge on any atom is 0.321 e. The third kappa shape index (κ3) is 2.41. The van der Waals surface area contributed by atoms with E-state index in [4.69, 9.17) is 5.11 Å². The molecule has 5 heteroatoms. The summed E-state index contributed by atoms with van der Waals surface area (Å²) in [5.41, 5.74) is -0.809. The Morgan fingerprint density at radius 1 is 1.50 bits per heavy atom. The minimum atomic E-state index is -3.37. The summed E-state index contributed by atoms with van der Waals surface area (Å²) in [5, 5.41) is 11.3. The van der Waals surface area contributed by atoms with Gasteiger partial charge in [-0.2, -0.15) is 8.78 Å². The highest BCUT2D eigenvalue weighted by atomic mass is 19.3. The molecule has 0 spiro atoms. The molecule has 0 aromatic carbocycles. The summed E-state index contributed by atoms with van der Waals surface area (Å²) in [6.07, 6.45) is 2.86. The molecule has 0 atom stereocenters. The Balaban J connectivity index is 2.61. The maximum atomic E-state index is 12.6. The van der Waals surface area contributed by atoms with Crippen LogP contribution in [0, 0.1) is 0 Å². The first-order valence-electron chi connectivity index (χ1n) is 4.71. The van der Waals surface area contributed by atoms with Crippen molar-refractivity contribution >= 4 is 5.91 Å². The van der Waals surface area contributed by atoms with Gasteiger partial charge < -0.3 is 10.4 Å². The van der Waals surface area contributed by atoms with Gasteiger partial charge in [-0.25, -0.2) is 0 Å². The van der Waals surface area contributed by atoms with Crippen LogP contribution in [0.25, 0.3) is 0 Å². The van der Waals surface area contributed by atoms with Crippen LogP contribution in [0.3, 0.4) is 0 Å². The molecule has 0 radical (unpaired) electrons. The number of rotatable bonds is 3. The van der Waals surface area contributed by atoms with E-state index in [-0.39, 0.29) is 6.61 Å². The molecule has 1 aliphatic carbocycles. The molecule has 14 heavy (non-hydrogen) atoms. The zero-order valence-corrected chi connectivity index (χ0v) is 8.15. The Bertz CT molecular complexity index is 219. The Morgan fingerprint density at radius 3 is 2.36 bits per heavy atom. The van der Waals surface area contributed by atoms with Crippen molar-refractivity contribution in [2.45, 2.75) is 44.1 Å². The third-order valence-corrected chi connectivity index (χ3v) is 2.64. The lowest BCUT2D eigenvalue weighted by Gasteiger charge is -2.29. The number of carbonyl (C=O) groups is 1. The van der Waals surface area contributed by atoms with E-state index >= 15 is 0 Å². The molecule has 0 bridgehead atoms. The number of alkyl halides is 2. The van der Waals surface area contributed by atoms with Crippen LogP contribution in [-0.2, 0) is 4.79 Å². The molecule has 1 rings (SSSR count). The maximum absolute atomic E-state index is 12.6. The first-order valence-corrected chi connectivity index (χ1v) is 4.71. The SMILES string of the molecule is CC(F)(F)C(=O)NC1(CO)CCCC1. The van der Waals surface area contributed by atoms with Crippen molar-refractivity contribution in [2.24, 2.45) is 0 Å². The number of carbonyl (C=O) groups excluding carboxylic acids is 1. The number of halogens is 2. The molecule has 1 fully saturated rings. The van der Waals surface area contributed by atoms with E-state index in [1.807, 2.05) is 0 Å². The van der Waals surface area contributed by atoms with Gasteiger partial charge in [-0.1, -0.05) is 12.8 Å². The average molecular weight is 207 g/mol. The minimum absolute atomic E-state index is 0.269. The van der Waals surface area contributed by atoms with Crippen LogP contribution in [0.2, 0.25) is 0 Å². The fourth-order valence-corrected chi connectivity index (χ4v) is 1.73. The lowest BCUT2D eigenvalue weighted by molar-refractivity contribution is -0.145. The summed E-state index contributed by atoms with van der Waals surface area (Å²) in [6.45, 7) is 0.289. The van der Waals surface area contributed by atoms with E-state index in [0.717, 1.165) is 12.8 Å². The average Bonchev–Trinajstić information content (AvgIpc) is 2.52. The summed E-state index contributed by atoms with van der Waals surface area (Å²) >= 11 is 0. The summed E-state index contributed by atoms with van der Waals surface area (Å²) in [4.78, 5) is 11.0. The standard InChI is InChI=1S/C9H15F2NO2/c1-8(10,11)7(14)12-9(6-13)4-2-3-5-9/h13H,2-6H2,1H3,(H,12,14). The summed E-state index contributed by atoms with van der Waals surface area (Å²) in [6, 6.07) is 0. The highest BCUT2D eigenvalue weighted by Crippen LogP contribution is 2.30. The van der Waals surface area contributed by atoms with Crippen LogP contribution >= 0.6 is 0 Å². The van der Waals surface area contributed by atoms with Crippen LogP contribution in [0.5, 0.6) is 0 Å². The van der Waals surface area contributed by atoms with E-state index in [9.17, 15) is 13.6 Å². The second kappa shape index (κ2) is 3.81. The topological polar surface area (TPSA) is 49.3 Å². The van der Waals surface area contributed by atoms with Gasteiger partial charge >= 0.3 is 5.92 Å². The van der Waals surface area contributed by atoms with Gasteiger partial charge in [0.1, 0.15) is 0 Å². The van der Waals surface area contributed by atoms with Gasteiger partial charge in [0.2, 0.25) is 0 Å². The van der Waals surface area contributed by atoms with Crippen molar-refractivity contribution in [2.75, 3.05) is 6.61 Å². The second-order valence-corrected chi connectivity index (χ2v) is 3.99. The van der Waals surface area contributed by atoms with E-state index < -0.39 is 17.4 Å². The molecular weight excluding hydrogens is 192 g/mol. The van der Waals surface area contributed by atoms with Crippen LogP contribution in [0.15, 0.2) is 0 Å². The molecule has 0 saturated heterocycles. The number of aliphatic hydroxyl groups is 1. The van der Waals surface area contributed by atoms with Crippen molar-refractivity contribution < 1.29 is 18.7 Å². The van der Waals surface area contributed by atoms with Gasteiger partial charge in [-0.05, 0) is 12.8 Å². The Morgan fingerprint density at radius 2 is 2.00 bits per heavy atom. The molecule has 0 heterocycles. The van der Waals surface area contributed by atoms with Crippen molar-refractivity contribution in [1.29, 1.82) is 0 Å². The molecule has 2 N–H and O–H groups in total. The minimum Gasteiger partial charge on any atom is -0.394 e. The molecule has 1 saturated carbocycles. The number of aliphatic hydroxyl groups excluding tert-OH is 1. The lowest BCUT2D eigenvalue weighted by Crippen LogP contribution is -2.53. The smallest absolute Gasteiger partial charge is 0.321 e. The fourth-order valence-electron chi connectivity index (χ4n) is 1.73. The van der Waals surface area contributed by atoms with Crippen molar-refractivity contribution in [3.8, 4) is 0 Å². The number of hydrogen-bond donors (Lipinski definition) is 2. The van der Waals surface area contributed by atoms with Crippen LogP contribution < -0.4 is 5.32 Å². The predicted octanol–water partition coefficient (Wildman–Crippen LogP) is 1.06. The fraction of sp³-hybridized carbons (Fsp3) is 0.889. The summed E-state index contributed by atoms with van der Waals surface area (Å²) in [7, 11) is 0. The normalized spacial score (nSPS) is 20.9. The van der Waals surface area contributed by atoms with Gasteiger partial charge in [0.25, 0.3) is 5.91 Å². The van der Waals surface area contributed by atoms with Gasteiger partial charge in [-0.15, -0.1) is 0 Å². The molecule has 1 amide bonds. The predicted molar refractivity (Wildman–Crippen MR) is 47.0 cm³/mol. The zero-order valence-electron chi connectivity index (χ0n) is 8.15. The summed E-state index contributed by atoms with van der Waals surface area (Å²) in [5.74, 6) is -4.67. The molecule has 3 nitrogen and oxygen atoms in total. The van der Waals surface area contributed by atoms with Crippen molar-refractivity contribution in [3.05, 3.63) is 0 Å². The summed E-state index contributed by atoms with van der Waals surface area (Å²) < 4.78 is 25.2. The number of amides is 1. The molecule has 0 aromatic heterocycles. The van der Waals surface area contributed by atoms with Crippen molar-refractivity contribution in [3.63, 3.8) is 0 Å². The van der Waals surface area contributed by atoms with E-state index in [1.165, 1.54) is 0 Å². The molecule has 0 aliphatic heterocycles. The first kappa shape index (κ1) is 11.4. The Kier molecular flexibility index (Phi) is 3.09. The number of nitrogens with one attached hydrogen (secondary N) is 1. The highest BCUT2D eigenvalue weighted by Gasteiger charge is 2.41. The Hall–Kier alpha value is -0.710. The highest BCUT2D eigenvalue weighted by molar-refractivity contribution is 5.83. The van der Waals surface area contributed by atoms with E-state index in [1.54, 1.807) is 0 Å². The monoisotopic (exact) mass is 207 g/mol. The third-order valence-electron chi connectivity index (χ3n) is 2.64. The molecule has 0 aromatic rings. The van der Waals surface area contributed by atoms with Crippen molar-refractivity contribution in [1.82, 2.24) is 5.32 Å². The van der Waals surface area contributed by atoms with Crippen LogP contribution in [0.1, 0.15) is 32.6 Å². The molecule has 0 unspecified atom stereocenters. The first-order chi connectivity index (χ1) is 6.40. The zero-order chi connectivity index (χ0) is 10.8. The Labute approximate surface area is 81.5 Å². The van der Waals surface area contributed by atoms with Gasteiger partial charge in [-0.3, -0.25) is 4.79 Å². The molecule has 82 valence electrons. The largest absolute Gasteiger partial charge is 0.394 e. The van der Waals surface area contributed by atoms with Gasteiger partial charge in [0.05, 0.1) is 12.1 Å². The van der Waals surface area contributed by atoms with Gasteiger partial charge in [0, 0.05) is 6.92 Å². The van der Waals surface area contributed by atoms with E-state index in [2.05, 4.69) is 5.32 Å². The molecular formula is C9H15F2NO2. The second-order valence-electron chi connectivity index (χ2n) is 3.99. The number of hydrogen-bond acceptors (Lipinski definition) is 2. The van der Waals surface area contributed by atoms with Crippen LogP contribution in [0.4, 0.5) is 8.78 Å². The van der Waals surface area contributed by atoms with Gasteiger partial charge in [0.15, 0.2) is 0 Å².